The number of rotatable bonds is 7. The van der Waals surface area contributed by atoms with Crippen LogP contribution in [0.25, 0.3) is 0 Å². The van der Waals surface area contributed by atoms with Crippen molar-refractivity contribution in [3.05, 3.63) is 50.7 Å². The number of thiophene rings is 1. The normalized spacial score (nSPS) is 11.8. The summed E-state index contributed by atoms with van der Waals surface area (Å²) in [5, 5.41) is 8.07. The third-order valence-electron chi connectivity index (χ3n) is 3.88. The molecule has 0 spiro atoms. The molecular weight excluding hydrogens is 358 g/mol. The van der Waals surface area contributed by atoms with E-state index in [9.17, 15) is 9.59 Å². The van der Waals surface area contributed by atoms with Crippen molar-refractivity contribution in [1.29, 1.82) is 0 Å². The molecule has 0 bridgehead atoms. The number of halogens is 1. The third kappa shape index (κ3) is 5.85. The summed E-state index contributed by atoms with van der Waals surface area (Å²) >= 11 is 7.73. The number of carbonyl (C=O) groups is 2. The van der Waals surface area contributed by atoms with E-state index in [0.717, 1.165) is 17.0 Å². The average Bonchev–Trinajstić information content (AvgIpc) is 2.95. The van der Waals surface area contributed by atoms with Crippen molar-refractivity contribution in [2.24, 2.45) is 0 Å². The van der Waals surface area contributed by atoms with Gasteiger partial charge in [-0.25, -0.2) is 0 Å². The first-order valence-corrected chi connectivity index (χ1v) is 9.28. The molecule has 1 heterocycles. The second-order valence-electron chi connectivity index (χ2n) is 6.07. The van der Waals surface area contributed by atoms with Gasteiger partial charge < -0.3 is 15.5 Å². The molecule has 0 radical (unpaired) electrons. The van der Waals surface area contributed by atoms with Gasteiger partial charge in [0.25, 0.3) is 5.91 Å². The Bertz CT molecular complexity index is 761. The number of benzene rings is 1. The Morgan fingerprint density at radius 3 is 2.64 bits per heavy atom. The molecule has 3 N–H and O–H groups in total. The van der Waals surface area contributed by atoms with Gasteiger partial charge in [-0.05, 0) is 48.6 Å². The fourth-order valence-electron chi connectivity index (χ4n) is 2.37. The molecule has 2 amide bonds. The highest BCUT2D eigenvalue weighted by Crippen LogP contribution is 2.22. The highest BCUT2D eigenvalue weighted by molar-refractivity contribution is 7.10. The summed E-state index contributed by atoms with van der Waals surface area (Å²) in [6.07, 6.45) is 0. The first-order valence-electron chi connectivity index (χ1n) is 8.02. The summed E-state index contributed by atoms with van der Waals surface area (Å²) in [7, 11) is 1.97. The van der Waals surface area contributed by atoms with Crippen LogP contribution in [0.1, 0.15) is 16.0 Å². The minimum absolute atomic E-state index is 0.0594. The Labute approximate surface area is 157 Å². The van der Waals surface area contributed by atoms with Gasteiger partial charge in [0.2, 0.25) is 5.91 Å². The Morgan fingerprint density at radius 1 is 1.20 bits per heavy atom. The molecule has 134 valence electrons. The smallest absolute Gasteiger partial charge is 0.275 e. The van der Waals surface area contributed by atoms with Gasteiger partial charge in [-0.2, -0.15) is 0 Å². The summed E-state index contributed by atoms with van der Waals surface area (Å²) in [5.74, 6) is -0.421. The largest absolute Gasteiger partial charge is 0.342 e. The van der Waals surface area contributed by atoms with E-state index in [1.807, 2.05) is 14.0 Å². The second kappa shape index (κ2) is 8.99. The van der Waals surface area contributed by atoms with Crippen molar-refractivity contribution >= 4 is 40.4 Å². The lowest BCUT2D eigenvalue weighted by Gasteiger charge is -2.14. The maximum atomic E-state index is 12.0. The average molecular weight is 381 g/mol. The van der Waals surface area contributed by atoms with Gasteiger partial charge in [0, 0.05) is 10.7 Å². The number of hydrogen-bond donors (Lipinski definition) is 3. The second-order valence-corrected chi connectivity index (χ2v) is 7.48. The molecule has 7 heteroatoms. The first-order chi connectivity index (χ1) is 11.9. The summed E-state index contributed by atoms with van der Waals surface area (Å²) in [6.45, 7) is 4.96. The number of nitrogens with one attached hydrogen (secondary N) is 3. The van der Waals surface area contributed by atoms with E-state index in [1.54, 1.807) is 29.5 Å². The van der Waals surface area contributed by atoms with Gasteiger partial charge in [0.15, 0.2) is 6.54 Å². The highest BCUT2D eigenvalue weighted by Gasteiger charge is 2.14. The molecule has 0 saturated heterocycles. The number of quaternary nitrogens is 1. The predicted molar refractivity (Wildman–Crippen MR) is 102 cm³/mol. The molecule has 1 atom stereocenters. The molecule has 2 rings (SSSR count). The molecule has 0 saturated carbocycles. The minimum atomic E-state index is -0.273. The topological polar surface area (TPSA) is 62.6 Å². The van der Waals surface area contributed by atoms with E-state index in [4.69, 9.17) is 11.6 Å². The van der Waals surface area contributed by atoms with Crippen molar-refractivity contribution in [3.63, 3.8) is 0 Å². The van der Waals surface area contributed by atoms with Crippen molar-refractivity contribution in [2.45, 2.75) is 20.4 Å². The van der Waals surface area contributed by atoms with Crippen LogP contribution in [0, 0.1) is 13.8 Å². The van der Waals surface area contributed by atoms with E-state index in [1.165, 1.54) is 10.4 Å². The number of aryl methyl sites for hydroxylation is 1. The standard InChI is InChI=1S/C18H22ClN3O2S/c1-12-7-8-25-16(12)10-22(3)11-18(24)20-9-17(23)21-15-6-4-5-14(19)13(15)2/h4-8H,9-11H2,1-3H3,(H,20,24)(H,21,23)/p+1. The molecule has 1 unspecified atom stereocenters. The van der Waals surface area contributed by atoms with E-state index in [2.05, 4.69) is 29.0 Å². The number of carbonyl (C=O) groups excluding carboxylic acids is 2. The molecule has 25 heavy (non-hydrogen) atoms. The summed E-state index contributed by atoms with van der Waals surface area (Å²) in [4.78, 5) is 26.4. The van der Waals surface area contributed by atoms with E-state index < -0.39 is 0 Å². The molecule has 0 fully saturated rings. The van der Waals surface area contributed by atoms with Gasteiger partial charge >= 0.3 is 0 Å². The number of likely N-dealkylation sites (N-methyl/N-ethyl adjacent to an activating group) is 1. The fraction of sp³-hybridized carbons (Fsp3) is 0.333. The van der Waals surface area contributed by atoms with Gasteiger partial charge in [0.05, 0.1) is 18.5 Å². The number of anilines is 1. The molecule has 0 aliphatic rings. The zero-order chi connectivity index (χ0) is 18.4. The lowest BCUT2D eigenvalue weighted by molar-refractivity contribution is -0.885. The molecule has 1 aromatic carbocycles. The lowest BCUT2D eigenvalue weighted by atomic mass is 10.2. The van der Waals surface area contributed by atoms with Gasteiger partial charge in [-0.3, -0.25) is 9.59 Å². The van der Waals surface area contributed by atoms with Crippen LogP contribution in [-0.2, 0) is 16.1 Å². The quantitative estimate of drug-likeness (QED) is 0.685. The van der Waals surface area contributed by atoms with Gasteiger partial charge in [-0.1, -0.05) is 17.7 Å². The van der Waals surface area contributed by atoms with Crippen LogP contribution in [0.5, 0.6) is 0 Å². The van der Waals surface area contributed by atoms with E-state index >= 15 is 0 Å². The lowest BCUT2D eigenvalue weighted by Crippen LogP contribution is -3.08. The summed E-state index contributed by atoms with van der Waals surface area (Å²) < 4.78 is 0. The summed E-state index contributed by atoms with van der Waals surface area (Å²) in [5.41, 5.74) is 2.71. The number of hydrogen-bond acceptors (Lipinski definition) is 3. The van der Waals surface area contributed by atoms with Crippen molar-refractivity contribution in [2.75, 3.05) is 25.5 Å². The zero-order valence-electron chi connectivity index (χ0n) is 14.6. The molecule has 2 aromatic rings. The third-order valence-corrected chi connectivity index (χ3v) is 5.31. The van der Waals surface area contributed by atoms with Gasteiger partial charge in [-0.15, -0.1) is 11.3 Å². The van der Waals surface area contributed by atoms with Crippen molar-refractivity contribution in [1.82, 2.24) is 5.32 Å². The van der Waals surface area contributed by atoms with Crippen LogP contribution in [-0.4, -0.2) is 32.0 Å². The SMILES string of the molecule is Cc1ccsc1C[NH+](C)CC(=O)NCC(=O)Nc1cccc(Cl)c1C. The van der Waals surface area contributed by atoms with E-state index in [-0.39, 0.29) is 18.4 Å². The fourth-order valence-corrected chi connectivity index (χ4v) is 3.57. The Kier molecular flexibility index (Phi) is 6.99. The van der Waals surface area contributed by atoms with Crippen LogP contribution in [0.15, 0.2) is 29.6 Å². The van der Waals surface area contributed by atoms with Crippen LogP contribution < -0.4 is 15.5 Å². The maximum Gasteiger partial charge on any atom is 0.275 e. The molecule has 0 aliphatic heterocycles. The zero-order valence-corrected chi connectivity index (χ0v) is 16.2. The van der Waals surface area contributed by atoms with Crippen molar-refractivity contribution in [3.8, 4) is 0 Å². The van der Waals surface area contributed by atoms with E-state index in [0.29, 0.717) is 17.3 Å². The molecule has 0 aliphatic carbocycles. The number of amides is 2. The highest BCUT2D eigenvalue weighted by atomic mass is 35.5. The molecule has 5 nitrogen and oxygen atoms in total. The predicted octanol–water partition coefficient (Wildman–Crippen LogP) is 1.79. The maximum absolute atomic E-state index is 12.0. The molecule has 1 aromatic heterocycles. The first kappa shape index (κ1) is 19.4. The van der Waals surface area contributed by atoms with Crippen LogP contribution >= 0.6 is 22.9 Å². The summed E-state index contributed by atoms with van der Waals surface area (Å²) in [6, 6.07) is 7.40. The van der Waals surface area contributed by atoms with Gasteiger partial charge in [0.1, 0.15) is 6.54 Å². The Morgan fingerprint density at radius 2 is 1.96 bits per heavy atom. The minimum Gasteiger partial charge on any atom is -0.342 e. The molecular formula is C18H23ClN3O2S+. The Hall–Kier alpha value is -1.89. The van der Waals surface area contributed by atoms with Crippen LogP contribution in [0.4, 0.5) is 5.69 Å². The van der Waals surface area contributed by atoms with Crippen molar-refractivity contribution < 1.29 is 14.5 Å². The Balaban J connectivity index is 1.76. The van der Waals surface area contributed by atoms with Crippen LogP contribution in [0.3, 0.4) is 0 Å². The van der Waals surface area contributed by atoms with Crippen LogP contribution in [0.2, 0.25) is 5.02 Å². The monoisotopic (exact) mass is 380 g/mol.